The number of aromatic nitrogens is 7. The number of imidazole rings is 1. The van der Waals surface area contributed by atoms with Crippen LogP contribution in [0.2, 0.25) is 0 Å². The summed E-state index contributed by atoms with van der Waals surface area (Å²) in [5.41, 5.74) is 3.78. The molecule has 1 amide bonds. The predicted molar refractivity (Wildman–Crippen MR) is 111 cm³/mol. The molecule has 0 unspecified atom stereocenters. The maximum Gasteiger partial charge on any atom is 0.333 e. The zero-order valence-electron chi connectivity index (χ0n) is 17.6. The summed E-state index contributed by atoms with van der Waals surface area (Å²) in [6.45, 7) is -0.551. The molecule has 1 N–H and O–H groups in total. The molecule has 172 valence electrons. The van der Waals surface area contributed by atoms with Gasteiger partial charge in [0.05, 0.1) is 12.0 Å². The summed E-state index contributed by atoms with van der Waals surface area (Å²) >= 11 is 0. The number of alkyl halides is 2. The van der Waals surface area contributed by atoms with E-state index < -0.39 is 18.5 Å². The van der Waals surface area contributed by atoms with Crippen LogP contribution in [-0.2, 0) is 6.42 Å². The highest BCUT2D eigenvalue weighted by atomic mass is 19.3. The quantitative estimate of drug-likeness (QED) is 0.427. The monoisotopic (exact) mass is 466 g/mol. The van der Waals surface area contributed by atoms with Gasteiger partial charge < -0.3 is 18.7 Å². The van der Waals surface area contributed by atoms with Crippen molar-refractivity contribution in [1.29, 1.82) is 0 Å². The van der Waals surface area contributed by atoms with Gasteiger partial charge in [0, 0.05) is 24.9 Å². The van der Waals surface area contributed by atoms with Gasteiger partial charge in [-0.05, 0) is 30.7 Å². The van der Waals surface area contributed by atoms with Crippen LogP contribution >= 0.6 is 0 Å². The maximum atomic E-state index is 13.4. The Morgan fingerprint density at radius 3 is 2.94 bits per heavy atom. The number of hydrogen-bond donors (Lipinski definition) is 1. The van der Waals surface area contributed by atoms with Crippen molar-refractivity contribution in [2.45, 2.75) is 25.9 Å². The summed E-state index contributed by atoms with van der Waals surface area (Å²) in [5.74, 6) is -0.715. The van der Waals surface area contributed by atoms with Crippen molar-refractivity contribution >= 4 is 17.0 Å². The molecule has 0 bridgehead atoms. The second-order valence-corrected chi connectivity index (χ2v) is 7.81. The molecular weight excluding hydrogens is 450 g/mol. The predicted octanol–water partition coefficient (Wildman–Crippen LogP) is 3.29. The molecule has 0 fully saturated rings. The highest BCUT2D eigenvalue weighted by Gasteiger charge is 2.39. The van der Waals surface area contributed by atoms with Gasteiger partial charge in [-0.15, -0.1) is 10.2 Å². The third kappa shape index (κ3) is 3.24. The first-order valence-electron chi connectivity index (χ1n) is 10.4. The number of hydrogen-bond acceptors (Lipinski definition) is 8. The number of H-pyrrole nitrogens is 1. The van der Waals surface area contributed by atoms with E-state index in [4.69, 9.17) is 8.83 Å². The first-order chi connectivity index (χ1) is 16.5. The molecule has 13 heteroatoms. The van der Waals surface area contributed by atoms with Gasteiger partial charge in [-0.1, -0.05) is 6.07 Å². The standard InChI is InChI=1S/C21H16F2N8O3/c1-10-2-3-11-14(8-10)33-18(26-11)16-15-12(24-9-25-15)4-6-30(16)20(32)19-28-27-17(34-19)13-5-7-31(29-13)21(22)23/h2-3,5,7-9,16,21H,4,6H2,1H3,(H,24,25)/t16-/m0/s1. The van der Waals surface area contributed by atoms with E-state index in [1.807, 2.05) is 25.1 Å². The fourth-order valence-corrected chi connectivity index (χ4v) is 4.01. The molecule has 0 saturated carbocycles. The number of nitrogens with one attached hydrogen (secondary N) is 1. The number of oxazole rings is 1. The van der Waals surface area contributed by atoms with E-state index in [9.17, 15) is 13.6 Å². The zero-order valence-corrected chi connectivity index (χ0v) is 17.6. The van der Waals surface area contributed by atoms with Crippen LogP contribution < -0.4 is 0 Å². The van der Waals surface area contributed by atoms with Crippen LogP contribution in [0.5, 0.6) is 0 Å². The lowest BCUT2D eigenvalue weighted by atomic mass is 10.0. The maximum absolute atomic E-state index is 13.4. The van der Waals surface area contributed by atoms with E-state index in [1.54, 1.807) is 6.33 Å². The second-order valence-electron chi connectivity index (χ2n) is 7.81. The molecule has 0 spiro atoms. The summed E-state index contributed by atoms with van der Waals surface area (Å²) < 4.78 is 37.6. The molecule has 0 radical (unpaired) electrons. The number of fused-ring (bicyclic) bond motifs is 2. The molecular formula is C21H16F2N8O3. The Balaban J connectivity index is 1.37. The van der Waals surface area contributed by atoms with Crippen molar-refractivity contribution in [1.82, 2.24) is 39.8 Å². The molecule has 34 heavy (non-hydrogen) atoms. The van der Waals surface area contributed by atoms with Gasteiger partial charge in [0.2, 0.25) is 5.89 Å². The third-order valence-corrected chi connectivity index (χ3v) is 5.62. The van der Waals surface area contributed by atoms with Gasteiger partial charge in [0.15, 0.2) is 11.6 Å². The van der Waals surface area contributed by atoms with Gasteiger partial charge in [-0.3, -0.25) is 4.79 Å². The van der Waals surface area contributed by atoms with Crippen molar-refractivity contribution in [3.63, 3.8) is 0 Å². The van der Waals surface area contributed by atoms with Crippen LogP contribution in [0.3, 0.4) is 0 Å². The van der Waals surface area contributed by atoms with E-state index in [0.717, 1.165) is 17.5 Å². The van der Waals surface area contributed by atoms with E-state index in [2.05, 4.69) is 30.2 Å². The van der Waals surface area contributed by atoms with E-state index >= 15 is 0 Å². The van der Waals surface area contributed by atoms with Gasteiger partial charge >= 0.3 is 18.3 Å². The molecule has 4 aromatic heterocycles. The summed E-state index contributed by atoms with van der Waals surface area (Å²) in [7, 11) is 0. The smallest absolute Gasteiger partial charge is 0.333 e. The molecule has 5 heterocycles. The molecule has 0 aliphatic carbocycles. The van der Waals surface area contributed by atoms with Crippen LogP contribution in [0.15, 0.2) is 45.6 Å². The number of carbonyl (C=O) groups is 1. The summed E-state index contributed by atoms with van der Waals surface area (Å²) in [4.78, 5) is 27.0. The second kappa shape index (κ2) is 7.57. The first-order valence-corrected chi connectivity index (χ1v) is 10.4. The summed E-state index contributed by atoms with van der Waals surface area (Å²) in [5, 5.41) is 11.3. The van der Waals surface area contributed by atoms with Gasteiger partial charge in [0.1, 0.15) is 11.2 Å². The Hall–Kier alpha value is -4.42. The number of amides is 1. The lowest BCUT2D eigenvalue weighted by Crippen LogP contribution is -2.41. The highest BCUT2D eigenvalue weighted by molar-refractivity contribution is 5.90. The van der Waals surface area contributed by atoms with Crippen LogP contribution in [0.1, 0.15) is 46.1 Å². The van der Waals surface area contributed by atoms with E-state index in [0.29, 0.717) is 40.3 Å². The van der Waals surface area contributed by atoms with Crippen LogP contribution in [0, 0.1) is 6.92 Å². The minimum Gasteiger partial charge on any atom is -0.438 e. The molecule has 6 rings (SSSR count). The minimum atomic E-state index is -2.81. The molecule has 5 aromatic rings. The van der Waals surface area contributed by atoms with Crippen LogP contribution in [0.25, 0.3) is 22.7 Å². The third-order valence-electron chi connectivity index (χ3n) is 5.62. The Bertz CT molecular complexity index is 1520. The SMILES string of the molecule is Cc1ccc2nc([C@@H]3c4nc[nH]c4CCN3C(=O)c3nnc(-c4ccn(C(F)F)n4)o3)oc2c1. The van der Waals surface area contributed by atoms with Crippen molar-refractivity contribution in [3.8, 4) is 11.6 Å². The van der Waals surface area contributed by atoms with Gasteiger partial charge in [-0.2, -0.15) is 13.9 Å². The Labute approximate surface area is 189 Å². The fraction of sp³-hybridized carbons (Fsp3) is 0.238. The number of aromatic amines is 1. The molecule has 0 saturated heterocycles. The average Bonchev–Trinajstić information content (AvgIpc) is 3.62. The van der Waals surface area contributed by atoms with Gasteiger partial charge in [-0.25, -0.2) is 14.6 Å². The molecule has 1 aliphatic rings. The fourth-order valence-electron chi connectivity index (χ4n) is 4.01. The number of benzene rings is 1. The number of halogens is 2. The molecule has 1 aliphatic heterocycles. The van der Waals surface area contributed by atoms with Crippen molar-refractivity contribution < 1.29 is 22.4 Å². The van der Waals surface area contributed by atoms with Gasteiger partial charge in [0.25, 0.3) is 5.89 Å². The summed E-state index contributed by atoms with van der Waals surface area (Å²) in [6, 6.07) is 6.22. The number of nitrogens with zero attached hydrogens (tertiary/aromatic N) is 7. The topological polar surface area (TPSA) is 132 Å². The lowest BCUT2D eigenvalue weighted by molar-refractivity contribution is 0.0566. The first kappa shape index (κ1) is 20.2. The Kier molecular flexibility index (Phi) is 4.50. The van der Waals surface area contributed by atoms with Crippen molar-refractivity contribution in [3.05, 3.63) is 65.5 Å². The highest BCUT2D eigenvalue weighted by Crippen LogP contribution is 2.35. The van der Waals surface area contributed by atoms with Crippen LogP contribution in [0.4, 0.5) is 8.78 Å². The molecule has 1 aromatic carbocycles. The molecule has 11 nitrogen and oxygen atoms in total. The lowest BCUT2D eigenvalue weighted by Gasteiger charge is -2.31. The van der Waals surface area contributed by atoms with E-state index in [-0.39, 0.29) is 17.5 Å². The summed E-state index contributed by atoms with van der Waals surface area (Å²) in [6.07, 6.45) is 3.17. The van der Waals surface area contributed by atoms with Crippen molar-refractivity contribution in [2.24, 2.45) is 0 Å². The number of aryl methyl sites for hydroxylation is 1. The largest absolute Gasteiger partial charge is 0.438 e. The minimum absolute atomic E-state index is 0.0333. The van der Waals surface area contributed by atoms with Crippen molar-refractivity contribution in [2.75, 3.05) is 6.54 Å². The Morgan fingerprint density at radius 1 is 1.24 bits per heavy atom. The normalized spacial score (nSPS) is 15.9. The zero-order chi connectivity index (χ0) is 23.4. The average molecular weight is 466 g/mol. The number of carbonyl (C=O) groups excluding carboxylic acids is 1. The molecule has 1 atom stereocenters. The number of rotatable bonds is 4. The van der Waals surface area contributed by atoms with Crippen LogP contribution in [-0.4, -0.2) is 52.3 Å². The Morgan fingerprint density at radius 2 is 2.12 bits per heavy atom. The van der Waals surface area contributed by atoms with E-state index in [1.165, 1.54) is 11.0 Å².